The maximum absolute atomic E-state index is 13.6. The molecule has 1 aromatic carbocycles. The topological polar surface area (TPSA) is 72.7 Å². The van der Waals surface area contributed by atoms with Crippen LogP contribution in [0.15, 0.2) is 18.2 Å². The molecule has 1 aliphatic rings. The minimum Gasteiger partial charge on any atom is -0.295 e. The van der Waals surface area contributed by atoms with Crippen LogP contribution in [0.5, 0.6) is 0 Å². The molecular formula is C17H15F2N5OS. The van der Waals surface area contributed by atoms with Gasteiger partial charge in [0.15, 0.2) is 17.3 Å². The highest BCUT2D eigenvalue weighted by atomic mass is 32.1. The molecule has 0 fully saturated rings. The molecule has 0 saturated heterocycles. The SMILES string of the molecule is CCc1nnc(NC(=O)c2nn(-c3ccc(F)c(F)c3)c3c2CCC3)s1. The summed E-state index contributed by atoms with van der Waals surface area (Å²) in [6.45, 7) is 1.96. The molecule has 0 saturated carbocycles. The van der Waals surface area contributed by atoms with Crippen LogP contribution < -0.4 is 5.32 Å². The number of aryl methyl sites for hydroxylation is 1. The van der Waals surface area contributed by atoms with Gasteiger partial charge in [-0.2, -0.15) is 5.10 Å². The first kappa shape index (κ1) is 16.8. The minimum atomic E-state index is -0.947. The molecule has 0 unspecified atom stereocenters. The number of rotatable bonds is 4. The Morgan fingerprint density at radius 2 is 2.12 bits per heavy atom. The lowest BCUT2D eigenvalue weighted by atomic mass is 10.2. The second-order valence-corrected chi connectivity index (χ2v) is 7.01. The van der Waals surface area contributed by atoms with E-state index in [1.807, 2.05) is 6.92 Å². The van der Waals surface area contributed by atoms with E-state index in [0.29, 0.717) is 10.8 Å². The van der Waals surface area contributed by atoms with E-state index < -0.39 is 11.6 Å². The number of carbonyl (C=O) groups excluding carboxylic acids is 1. The lowest BCUT2D eigenvalue weighted by molar-refractivity contribution is 0.102. The average molecular weight is 375 g/mol. The molecule has 6 nitrogen and oxygen atoms in total. The predicted octanol–water partition coefficient (Wildman–Crippen LogP) is 3.31. The summed E-state index contributed by atoms with van der Waals surface area (Å²) in [6, 6.07) is 3.59. The van der Waals surface area contributed by atoms with Crippen LogP contribution in [-0.4, -0.2) is 25.9 Å². The van der Waals surface area contributed by atoms with Crippen molar-refractivity contribution in [2.24, 2.45) is 0 Å². The van der Waals surface area contributed by atoms with Gasteiger partial charge >= 0.3 is 0 Å². The summed E-state index contributed by atoms with van der Waals surface area (Å²) in [6.07, 6.45) is 3.08. The predicted molar refractivity (Wildman–Crippen MR) is 92.7 cm³/mol. The van der Waals surface area contributed by atoms with Gasteiger partial charge in [-0.25, -0.2) is 13.5 Å². The van der Waals surface area contributed by atoms with Crippen molar-refractivity contribution >= 4 is 22.4 Å². The van der Waals surface area contributed by atoms with E-state index in [1.165, 1.54) is 22.1 Å². The normalized spacial score (nSPS) is 13.0. The van der Waals surface area contributed by atoms with E-state index in [9.17, 15) is 13.6 Å². The Kier molecular flexibility index (Phi) is 4.23. The quantitative estimate of drug-likeness (QED) is 0.759. The number of carbonyl (C=O) groups is 1. The van der Waals surface area contributed by atoms with Crippen LogP contribution in [0, 0.1) is 11.6 Å². The highest BCUT2D eigenvalue weighted by molar-refractivity contribution is 7.15. The smallest absolute Gasteiger partial charge is 0.278 e. The highest BCUT2D eigenvalue weighted by Gasteiger charge is 2.27. The van der Waals surface area contributed by atoms with Gasteiger partial charge in [-0.05, 0) is 37.8 Å². The van der Waals surface area contributed by atoms with Gasteiger partial charge in [-0.15, -0.1) is 10.2 Å². The van der Waals surface area contributed by atoms with E-state index in [1.54, 1.807) is 0 Å². The molecule has 3 aromatic rings. The molecule has 26 heavy (non-hydrogen) atoms. The molecule has 0 bridgehead atoms. The Balaban J connectivity index is 1.69. The first-order valence-electron chi connectivity index (χ1n) is 8.26. The highest BCUT2D eigenvalue weighted by Crippen LogP contribution is 2.29. The molecule has 2 heterocycles. The fourth-order valence-corrected chi connectivity index (χ4v) is 3.73. The number of anilines is 1. The summed E-state index contributed by atoms with van der Waals surface area (Å²) < 4.78 is 28.3. The standard InChI is InChI=1S/C17H15F2N5OS/c1-2-14-21-22-17(26-14)20-16(25)15-10-4-3-5-13(10)24(23-15)9-6-7-11(18)12(19)8-9/h6-8H,2-5H2,1H3,(H,20,22,25). The van der Waals surface area contributed by atoms with Crippen LogP contribution >= 0.6 is 11.3 Å². The summed E-state index contributed by atoms with van der Waals surface area (Å²) >= 11 is 1.32. The molecule has 1 aliphatic carbocycles. The van der Waals surface area contributed by atoms with E-state index in [-0.39, 0.29) is 11.6 Å². The lowest BCUT2D eigenvalue weighted by Gasteiger charge is -2.05. The van der Waals surface area contributed by atoms with Crippen molar-refractivity contribution in [3.63, 3.8) is 0 Å². The Labute approximate surface area is 151 Å². The summed E-state index contributed by atoms with van der Waals surface area (Å²) in [5.41, 5.74) is 2.38. The van der Waals surface area contributed by atoms with Gasteiger partial charge in [0, 0.05) is 17.3 Å². The number of aromatic nitrogens is 4. The Morgan fingerprint density at radius 3 is 2.85 bits per heavy atom. The second-order valence-electron chi connectivity index (χ2n) is 5.95. The van der Waals surface area contributed by atoms with Crippen molar-refractivity contribution < 1.29 is 13.6 Å². The van der Waals surface area contributed by atoms with Gasteiger partial charge < -0.3 is 0 Å². The average Bonchev–Trinajstić information content (AvgIpc) is 3.33. The molecule has 1 amide bonds. The zero-order valence-corrected chi connectivity index (χ0v) is 14.7. The van der Waals surface area contributed by atoms with Crippen LogP contribution in [0.2, 0.25) is 0 Å². The van der Waals surface area contributed by atoms with Crippen molar-refractivity contribution in [3.05, 3.63) is 51.8 Å². The van der Waals surface area contributed by atoms with E-state index in [2.05, 4.69) is 20.6 Å². The third-order valence-electron chi connectivity index (χ3n) is 4.28. The number of hydrogen-bond acceptors (Lipinski definition) is 5. The monoisotopic (exact) mass is 375 g/mol. The van der Waals surface area contributed by atoms with Crippen LogP contribution in [-0.2, 0) is 19.3 Å². The number of amides is 1. The zero-order chi connectivity index (χ0) is 18.3. The van der Waals surface area contributed by atoms with Gasteiger partial charge in [-0.3, -0.25) is 10.1 Å². The number of halogens is 2. The third-order valence-corrected chi connectivity index (χ3v) is 5.27. The minimum absolute atomic E-state index is 0.287. The van der Waals surface area contributed by atoms with Gasteiger partial charge in [0.2, 0.25) is 5.13 Å². The second kappa shape index (κ2) is 6.56. The number of fused-ring (bicyclic) bond motifs is 1. The van der Waals surface area contributed by atoms with E-state index in [0.717, 1.165) is 54.1 Å². The summed E-state index contributed by atoms with van der Waals surface area (Å²) in [7, 11) is 0. The molecule has 0 aliphatic heterocycles. The van der Waals surface area contributed by atoms with Gasteiger partial charge in [0.25, 0.3) is 5.91 Å². The molecular weight excluding hydrogens is 360 g/mol. The first-order valence-corrected chi connectivity index (χ1v) is 9.08. The van der Waals surface area contributed by atoms with Crippen molar-refractivity contribution in [1.29, 1.82) is 0 Å². The van der Waals surface area contributed by atoms with Crippen LogP contribution in [0.4, 0.5) is 13.9 Å². The maximum Gasteiger partial charge on any atom is 0.278 e. The number of nitrogens with one attached hydrogen (secondary N) is 1. The van der Waals surface area contributed by atoms with Crippen LogP contribution in [0.25, 0.3) is 5.69 Å². The Morgan fingerprint density at radius 1 is 1.27 bits per heavy atom. The van der Waals surface area contributed by atoms with Gasteiger partial charge in [0.05, 0.1) is 5.69 Å². The Bertz CT molecular complexity index is 997. The molecule has 134 valence electrons. The fourth-order valence-electron chi connectivity index (χ4n) is 3.05. The van der Waals surface area contributed by atoms with Crippen molar-refractivity contribution in [2.75, 3.05) is 5.32 Å². The van der Waals surface area contributed by atoms with E-state index >= 15 is 0 Å². The van der Waals surface area contributed by atoms with E-state index in [4.69, 9.17) is 0 Å². The molecule has 0 atom stereocenters. The third kappa shape index (κ3) is 2.88. The zero-order valence-electron chi connectivity index (χ0n) is 13.9. The van der Waals surface area contributed by atoms with Gasteiger partial charge in [0.1, 0.15) is 5.01 Å². The summed E-state index contributed by atoms with van der Waals surface area (Å²) in [4.78, 5) is 12.7. The number of nitrogens with zero attached hydrogens (tertiary/aromatic N) is 4. The lowest BCUT2D eigenvalue weighted by Crippen LogP contribution is -2.15. The molecule has 2 aromatic heterocycles. The largest absolute Gasteiger partial charge is 0.295 e. The van der Waals surface area contributed by atoms with Crippen molar-refractivity contribution in [2.45, 2.75) is 32.6 Å². The molecule has 1 N–H and O–H groups in total. The molecule has 0 radical (unpaired) electrons. The van der Waals surface area contributed by atoms with Crippen LogP contribution in [0.3, 0.4) is 0 Å². The van der Waals surface area contributed by atoms with Gasteiger partial charge in [-0.1, -0.05) is 18.3 Å². The first-order chi connectivity index (χ1) is 12.6. The molecule has 4 rings (SSSR count). The van der Waals surface area contributed by atoms with Crippen molar-refractivity contribution in [3.8, 4) is 5.69 Å². The molecule has 0 spiro atoms. The maximum atomic E-state index is 13.6. The number of hydrogen-bond donors (Lipinski definition) is 1. The molecule has 9 heteroatoms. The summed E-state index contributed by atoms with van der Waals surface area (Å²) in [5.74, 6) is -2.24. The van der Waals surface area contributed by atoms with Crippen molar-refractivity contribution in [1.82, 2.24) is 20.0 Å². The Hall–Kier alpha value is -2.68. The number of benzene rings is 1. The van der Waals surface area contributed by atoms with Crippen LogP contribution in [0.1, 0.15) is 40.1 Å². The fraction of sp³-hybridized carbons (Fsp3) is 0.294. The summed E-state index contributed by atoms with van der Waals surface area (Å²) in [5, 5.41) is 16.3.